The van der Waals surface area contributed by atoms with Crippen molar-refractivity contribution in [3.05, 3.63) is 121 Å². The molecule has 4 nitrogen and oxygen atoms in total. The molecule has 3 heterocycles. The lowest BCUT2D eigenvalue weighted by Gasteiger charge is -2.07. The van der Waals surface area contributed by atoms with Gasteiger partial charge >= 0.3 is 0 Å². The molecule has 194 valence electrons. The molecule has 0 aliphatic rings. The van der Waals surface area contributed by atoms with Crippen molar-refractivity contribution in [3.63, 3.8) is 0 Å². The van der Waals surface area contributed by atoms with Gasteiger partial charge in [-0.05, 0) is 54.3 Å². The highest BCUT2D eigenvalue weighted by molar-refractivity contribution is 6.15. The number of fused-ring (bicyclic) bond motifs is 9. The summed E-state index contributed by atoms with van der Waals surface area (Å²) in [7, 11) is 2.14. The Kier molecular flexibility index (Phi) is 4.43. The molecule has 0 saturated heterocycles. The van der Waals surface area contributed by atoms with Crippen LogP contribution in [0.2, 0.25) is 0 Å². The number of furan rings is 2. The van der Waals surface area contributed by atoms with Crippen LogP contribution in [0.15, 0.2) is 124 Å². The molecule has 0 unspecified atom stereocenters. The Labute approximate surface area is 235 Å². The normalized spacial score (nSPS) is 12.1. The number of aromatic nitrogens is 2. The van der Waals surface area contributed by atoms with Crippen molar-refractivity contribution in [1.82, 2.24) is 4.57 Å². The fourth-order valence-corrected chi connectivity index (χ4v) is 6.65. The number of hydrogen-bond acceptors (Lipinski definition) is 2. The number of imidazole rings is 1. The summed E-state index contributed by atoms with van der Waals surface area (Å²) in [6.45, 7) is 2.16. The molecule has 41 heavy (non-hydrogen) atoms. The predicted molar refractivity (Wildman–Crippen MR) is 167 cm³/mol. The molecule has 0 spiro atoms. The van der Waals surface area contributed by atoms with Crippen molar-refractivity contribution in [2.75, 3.05) is 0 Å². The highest BCUT2D eigenvalue weighted by Gasteiger charge is 2.30. The van der Waals surface area contributed by atoms with Crippen molar-refractivity contribution in [1.29, 1.82) is 0 Å². The van der Waals surface area contributed by atoms with Crippen molar-refractivity contribution in [2.45, 2.75) is 6.92 Å². The third kappa shape index (κ3) is 3.02. The van der Waals surface area contributed by atoms with Crippen LogP contribution in [0.4, 0.5) is 0 Å². The van der Waals surface area contributed by atoms with E-state index in [-0.39, 0.29) is 0 Å². The van der Waals surface area contributed by atoms with Crippen LogP contribution in [0, 0.1) is 6.92 Å². The van der Waals surface area contributed by atoms with E-state index in [2.05, 4.69) is 126 Å². The summed E-state index contributed by atoms with van der Waals surface area (Å²) in [6.07, 6.45) is 0. The first kappa shape index (κ1) is 22.5. The zero-order valence-corrected chi connectivity index (χ0v) is 22.7. The standard InChI is InChI=1S/C37H25N2O2/c1-22-15-18-29-26-11-5-8-14-32(26)40-36(29)34(22)37-38(2)30-12-6-7-13-31(30)39(37)24-17-20-27-28-19-16-23-9-3-4-10-25(23)35(28)41-33(27)21-24/h3-21H,1-2H3/q+1. The van der Waals surface area contributed by atoms with Gasteiger partial charge in [0.05, 0.1) is 7.05 Å². The maximum atomic E-state index is 6.59. The fraction of sp³-hybridized carbons (Fsp3) is 0.0541. The van der Waals surface area contributed by atoms with Gasteiger partial charge in [0.25, 0.3) is 5.82 Å². The van der Waals surface area contributed by atoms with Gasteiger partial charge in [0.1, 0.15) is 28.0 Å². The van der Waals surface area contributed by atoms with Crippen LogP contribution in [0.3, 0.4) is 0 Å². The molecule has 9 rings (SSSR count). The van der Waals surface area contributed by atoms with Gasteiger partial charge in [-0.15, -0.1) is 0 Å². The number of benzene rings is 6. The maximum Gasteiger partial charge on any atom is 0.298 e. The molecule has 6 aromatic carbocycles. The number of para-hydroxylation sites is 3. The van der Waals surface area contributed by atoms with Crippen LogP contribution in [0.25, 0.3) is 82.8 Å². The number of rotatable bonds is 2. The van der Waals surface area contributed by atoms with Crippen LogP contribution in [-0.2, 0) is 7.05 Å². The van der Waals surface area contributed by atoms with Gasteiger partial charge in [-0.2, -0.15) is 4.57 Å². The topological polar surface area (TPSA) is 35.1 Å². The molecule has 0 atom stereocenters. The lowest BCUT2D eigenvalue weighted by atomic mass is 10.0. The van der Waals surface area contributed by atoms with Gasteiger partial charge in [0.2, 0.25) is 0 Å². The minimum atomic E-state index is 0.874. The minimum absolute atomic E-state index is 0.874. The second-order valence-corrected chi connectivity index (χ2v) is 10.9. The summed E-state index contributed by atoms with van der Waals surface area (Å²) in [5.41, 5.74) is 9.17. The first-order valence-corrected chi connectivity index (χ1v) is 13.9. The predicted octanol–water partition coefficient (Wildman–Crippen LogP) is 9.38. The van der Waals surface area contributed by atoms with E-state index in [0.29, 0.717) is 0 Å². The molecular weight excluding hydrogens is 504 g/mol. The Morgan fingerprint density at radius 3 is 2.20 bits per heavy atom. The minimum Gasteiger partial charge on any atom is -0.455 e. The molecule has 0 fully saturated rings. The quantitative estimate of drug-likeness (QED) is 0.209. The van der Waals surface area contributed by atoms with Gasteiger partial charge < -0.3 is 8.83 Å². The summed E-state index contributed by atoms with van der Waals surface area (Å²) < 4.78 is 17.8. The van der Waals surface area contributed by atoms with E-state index in [1.165, 1.54) is 5.39 Å². The molecular formula is C37H25N2O2+. The third-order valence-corrected chi connectivity index (χ3v) is 8.60. The largest absolute Gasteiger partial charge is 0.455 e. The van der Waals surface area contributed by atoms with E-state index in [0.717, 1.165) is 82.9 Å². The van der Waals surface area contributed by atoms with E-state index >= 15 is 0 Å². The van der Waals surface area contributed by atoms with E-state index in [4.69, 9.17) is 8.83 Å². The summed E-state index contributed by atoms with van der Waals surface area (Å²) in [4.78, 5) is 0. The molecule has 0 N–H and O–H groups in total. The average molecular weight is 530 g/mol. The summed E-state index contributed by atoms with van der Waals surface area (Å²) in [5.74, 6) is 1.06. The zero-order chi connectivity index (χ0) is 27.2. The number of aryl methyl sites for hydroxylation is 2. The van der Waals surface area contributed by atoms with E-state index in [1.54, 1.807) is 0 Å². The second-order valence-electron chi connectivity index (χ2n) is 10.9. The Bertz CT molecular complexity index is 2510. The Morgan fingerprint density at radius 1 is 0.585 bits per heavy atom. The van der Waals surface area contributed by atoms with Gasteiger partial charge in [-0.25, -0.2) is 4.57 Å². The van der Waals surface area contributed by atoms with Crippen LogP contribution < -0.4 is 4.57 Å². The monoisotopic (exact) mass is 529 g/mol. The lowest BCUT2D eigenvalue weighted by Crippen LogP contribution is -2.30. The number of hydrogen-bond donors (Lipinski definition) is 0. The first-order chi connectivity index (χ1) is 20.2. The van der Waals surface area contributed by atoms with Crippen LogP contribution in [0.1, 0.15) is 5.56 Å². The number of nitrogens with zero attached hydrogens (tertiary/aromatic N) is 2. The highest BCUT2D eigenvalue weighted by Crippen LogP contribution is 2.40. The Balaban J connectivity index is 1.38. The second kappa shape index (κ2) is 8.09. The fourth-order valence-electron chi connectivity index (χ4n) is 6.65. The lowest BCUT2D eigenvalue weighted by molar-refractivity contribution is -0.633. The molecule has 0 aliphatic heterocycles. The van der Waals surface area contributed by atoms with Crippen LogP contribution in [0.5, 0.6) is 0 Å². The van der Waals surface area contributed by atoms with Crippen molar-refractivity contribution < 1.29 is 13.4 Å². The first-order valence-electron chi connectivity index (χ1n) is 13.9. The van der Waals surface area contributed by atoms with Gasteiger partial charge in [-0.1, -0.05) is 72.8 Å². The molecule has 0 amide bonds. The van der Waals surface area contributed by atoms with Crippen molar-refractivity contribution >= 4 is 65.7 Å². The van der Waals surface area contributed by atoms with Crippen LogP contribution in [-0.4, -0.2) is 4.57 Å². The SMILES string of the molecule is Cc1ccc2c(oc3ccccc32)c1-c1n(-c2ccc3c(c2)oc2c4ccccc4ccc32)c2ccccc2[n+]1C. The van der Waals surface area contributed by atoms with E-state index in [9.17, 15) is 0 Å². The van der Waals surface area contributed by atoms with Gasteiger partial charge in [0, 0.05) is 33.0 Å². The smallest absolute Gasteiger partial charge is 0.298 e. The van der Waals surface area contributed by atoms with Crippen molar-refractivity contribution in [3.8, 4) is 17.1 Å². The van der Waals surface area contributed by atoms with Crippen molar-refractivity contribution in [2.24, 2.45) is 7.05 Å². The molecule has 9 aromatic rings. The molecule has 0 radical (unpaired) electrons. The molecule has 3 aromatic heterocycles. The maximum absolute atomic E-state index is 6.59. The van der Waals surface area contributed by atoms with Crippen LogP contribution >= 0.6 is 0 Å². The third-order valence-electron chi connectivity index (χ3n) is 8.60. The molecule has 4 heteroatoms. The van der Waals surface area contributed by atoms with E-state index in [1.807, 2.05) is 12.1 Å². The summed E-state index contributed by atoms with van der Waals surface area (Å²) in [6, 6.07) is 40.5. The molecule has 0 aliphatic carbocycles. The Hall–Kier alpha value is -5.35. The molecule has 0 bridgehead atoms. The van der Waals surface area contributed by atoms with Gasteiger partial charge in [0.15, 0.2) is 16.6 Å². The van der Waals surface area contributed by atoms with E-state index < -0.39 is 0 Å². The zero-order valence-electron chi connectivity index (χ0n) is 22.7. The average Bonchev–Trinajstić information content (AvgIpc) is 3.66. The summed E-state index contributed by atoms with van der Waals surface area (Å²) >= 11 is 0. The summed E-state index contributed by atoms with van der Waals surface area (Å²) in [5, 5.41) is 6.82. The highest BCUT2D eigenvalue weighted by atomic mass is 16.3. The molecule has 0 saturated carbocycles. The Morgan fingerprint density at radius 2 is 1.27 bits per heavy atom. The van der Waals surface area contributed by atoms with Gasteiger partial charge in [-0.3, -0.25) is 0 Å².